The van der Waals surface area contributed by atoms with Crippen molar-refractivity contribution in [3.8, 4) is 6.07 Å². The van der Waals surface area contributed by atoms with Crippen molar-refractivity contribution >= 4 is 27.3 Å². The van der Waals surface area contributed by atoms with Gasteiger partial charge in [0, 0.05) is 0 Å². The maximum Gasteiger partial charge on any atom is 0.261 e. The number of benzene rings is 2. The van der Waals surface area contributed by atoms with Gasteiger partial charge < -0.3 is 0 Å². The SMILES string of the molecule is Cc1cc(C)c(NS(=O)(=O)c2ccc(C#N)cc2)c(Cl)c1. The molecule has 0 aliphatic carbocycles. The summed E-state index contributed by atoms with van der Waals surface area (Å²) >= 11 is 6.11. The summed E-state index contributed by atoms with van der Waals surface area (Å²) in [7, 11) is -3.74. The molecule has 0 atom stereocenters. The van der Waals surface area contributed by atoms with E-state index in [1.165, 1.54) is 24.3 Å². The van der Waals surface area contributed by atoms with E-state index in [4.69, 9.17) is 16.9 Å². The van der Waals surface area contributed by atoms with Crippen LogP contribution in [-0.4, -0.2) is 8.42 Å². The van der Waals surface area contributed by atoms with E-state index in [9.17, 15) is 8.42 Å². The van der Waals surface area contributed by atoms with Crippen LogP contribution in [0.3, 0.4) is 0 Å². The lowest BCUT2D eigenvalue weighted by molar-refractivity contribution is 0.601. The molecule has 2 aromatic carbocycles. The van der Waals surface area contributed by atoms with Gasteiger partial charge in [0.15, 0.2) is 0 Å². The number of aryl methyl sites for hydroxylation is 2. The zero-order chi connectivity index (χ0) is 15.6. The molecule has 0 spiro atoms. The molecule has 0 aromatic heterocycles. The van der Waals surface area contributed by atoms with Gasteiger partial charge in [0.1, 0.15) is 0 Å². The van der Waals surface area contributed by atoms with Gasteiger partial charge in [-0.05, 0) is 55.3 Å². The first-order valence-corrected chi connectivity index (χ1v) is 7.99. The zero-order valence-corrected chi connectivity index (χ0v) is 13.1. The number of hydrogen-bond donors (Lipinski definition) is 1. The smallest absolute Gasteiger partial charge is 0.261 e. The van der Waals surface area contributed by atoms with Crippen LogP contribution in [0.4, 0.5) is 5.69 Å². The van der Waals surface area contributed by atoms with E-state index in [0.29, 0.717) is 16.3 Å². The average Bonchev–Trinajstić information content (AvgIpc) is 2.43. The fourth-order valence-corrected chi connectivity index (χ4v) is 3.52. The topological polar surface area (TPSA) is 70.0 Å². The van der Waals surface area contributed by atoms with E-state index in [2.05, 4.69) is 4.72 Å². The molecular weight excluding hydrogens is 308 g/mol. The van der Waals surface area contributed by atoms with Gasteiger partial charge in [-0.2, -0.15) is 5.26 Å². The molecule has 0 aliphatic heterocycles. The van der Waals surface area contributed by atoms with E-state index in [1.807, 2.05) is 19.1 Å². The number of sulfonamides is 1. The van der Waals surface area contributed by atoms with Crippen LogP contribution in [0.5, 0.6) is 0 Å². The predicted molar refractivity (Wildman–Crippen MR) is 82.9 cm³/mol. The molecule has 1 N–H and O–H groups in total. The number of nitriles is 1. The van der Waals surface area contributed by atoms with Crippen LogP contribution in [0.25, 0.3) is 0 Å². The van der Waals surface area contributed by atoms with Gasteiger partial charge in [0.25, 0.3) is 10.0 Å². The van der Waals surface area contributed by atoms with E-state index in [0.717, 1.165) is 11.1 Å². The molecule has 0 saturated heterocycles. The Labute approximate surface area is 129 Å². The van der Waals surface area contributed by atoms with E-state index >= 15 is 0 Å². The highest BCUT2D eigenvalue weighted by atomic mass is 35.5. The molecular formula is C15H13ClN2O2S. The highest BCUT2D eigenvalue weighted by Crippen LogP contribution is 2.29. The number of rotatable bonds is 3. The lowest BCUT2D eigenvalue weighted by Crippen LogP contribution is -2.14. The summed E-state index contributed by atoms with van der Waals surface area (Å²) in [6.45, 7) is 3.67. The fourth-order valence-electron chi connectivity index (χ4n) is 1.95. The maximum atomic E-state index is 12.3. The van der Waals surface area contributed by atoms with Crippen molar-refractivity contribution in [1.29, 1.82) is 5.26 Å². The molecule has 0 heterocycles. The third-order valence-corrected chi connectivity index (χ3v) is 4.63. The summed E-state index contributed by atoms with van der Waals surface area (Å²) in [4.78, 5) is 0.0811. The molecule has 21 heavy (non-hydrogen) atoms. The molecule has 0 fully saturated rings. The van der Waals surface area contributed by atoms with Crippen molar-refractivity contribution in [3.05, 3.63) is 58.1 Å². The van der Waals surface area contributed by atoms with Crippen LogP contribution in [0.1, 0.15) is 16.7 Å². The molecule has 6 heteroatoms. The molecule has 0 amide bonds. The Morgan fingerprint density at radius 2 is 1.76 bits per heavy atom. The van der Waals surface area contributed by atoms with Crippen molar-refractivity contribution in [3.63, 3.8) is 0 Å². The Balaban J connectivity index is 2.40. The highest BCUT2D eigenvalue weighted by molar-refractivity contribution is 7.92. The van der Waals surface area contributed by atoms with Crippen LogP contribution >= 0.6 is 11.6 Å². The summed E-state index contributed by atoms with van der Waals surface area (Å²) in [5.41, 5.74) is 2.47. The molecule has 2 rings (SSSR count). The standard InChI is InChI=1S/C15H13ClN2O2S/c1-10-7-11(2)15(14(16)8-10)18-21(19,20)13-5-3-12(9-17)4-6-13/h3-8,18H,1-2H3. The van der Waals surface area contributed by atoms with E-state index < -0.39 is 10.0 Å². The molecule has 0 bridgehead atoms. The van der Waals surface area contributed by atoms with Crippen LogP contribution in [0.15, 0.2) is 41.3 Å². The summed E-state index contributed by atoms with van der Waals surface area (Å²) in [6.07, 6.45) is 0. The van der Waals surface area contributed by atoms with Crippen LogP contribution in [0, 0.1) is 25.2 Å². The van der Waals surface area contributed by atoms with Crippen molar-refractivity contribution in [2.75, 3.05) is 4.72 Å². The molecule has 2 aromatic rings. The van der Waals surface area contributed by atoms with Crippen LogP contribution in [-0.2, 0) is 10.0 Å². The largest absolute Gasteiger partial charge is 0.278 e. The predicted octanol–water partition coefficient (Wildman–Crippen LogP) is 3.63. The van der Waals surface area contributed by atoms with Gasteiger partial charge in [-0.25, -0.2) is 8.42 Å². The monoisotopic (exact) mass is 320 g/mol. The van der Waals surface area contributed by atoms with Gasteiger partial charge in [-0.3, -0.25) is 4.72 Å². The molecule has 0 radical (unpaired) electrons. The molecule has 0 unspecified atom stereocenters. The third-order valence-electron chi connectivity index (χ3n) is 2.96. The first-order valence-electron chi connectivity index (χ1n) is 6.13. The maximum absolute atomic E-state index is 12.3. The van der Waals surface area contributed by atoms with Crippen molar-refractivity contribution in [1.82, 2.24) is 0 Å². The Hall–Kier alpha value is -2.03. The Morgan fingerprint density at radius 3 is 2.29 bits per heavy atom. The molecule has 0 saturated carbocycles. The number of nitrogens with one attached hydrogen (secondary N) is 1. The summed E-state index contributed by atoms with van der Waals surface area (Å²) < 4.78 is 27.2. The second kappa shape index (κ2) is 5.76. The van der Waals surface area contributed by atoms with Crippen LogP contribution in [0.2, 0.25) is 5.02 Å². The van der Waals surface area contributed by atoms with Gasteiger partial charge in [-0.15, -0.1) is 0 Å². The van der Waals surface area contributed by atoms with Gasteiger partial charge >= 0.3 is 0 Å². The number of nitrogens with zero attached hydrogens (tertiary/aromatic N) is 1. The number of halogens is 1. The summed E-state index contributed by atoms with van der Waals surface area (Å²) in [5, 5.41) is 9.08. The Bertz CT molecular complexity index is 799. The lowest BCUT2D eigenvalue weighted by atomic mass is 10.1. The fraction of sp³-hybridized carbons (Fsp3) is 0.133. The van der Waals surface area contributed by atoms with Gasteiger partial charge in [0.05, 0.1) is 27.2 Å². The zero-order valence-electron chi connectivity index (χ0n) is 11.5. The summed E-state index contributed by atoms with van der Waals surface area (Å²) in [5.74, 6) is 0. The first-order chi connectivity index (χ1) is 9.83. The normalized spacial score (nSPS) is 11.0. The minimum atomic E-state index is -3.74. The minimum Gasteiger partial charge on any atom is -0.278 e. The quantitative estimate of drug-likeness (QED) is 0.938. The minimum absolute atomic E-state index is 0.0811. The molecule has 4 nitrogen and oxygen atoms in total. The molecule has 108 valence electrons. The van der Waals surface area contributed by atoms with Crippen molar-refractivity contribution in [2.45, 2.75) is 18.7 Å². The number of hydrogen-bond acceptors (Lipinski definition) is 3. The first kappa shape index (κ1) is 15.4. The lowest BCUT2D eigenvalue weighted by Gasteiger charge is -2.13. The second-order valence-corrected chi connectivity index (χ2v) is 6.77. The van der Waals surface area contributed by atoms with Crippen LogP contribution < -0.4 is 4.72 Å². The highest BCUT2D eigenvalue weighted by Gasteiger charge is 2.17. The summed E-state index contributed by atoms with van der Waals surface area (Å²) in [6, 6.07) is 11.2. The van der Waals surface area contributed by atoms with E-state index in [-0.39, 0.29) is 4.90 Å². The second-order valence-electron chi connectivity index (χ2n) is 4.68. The average molecular weight is 321 g/mol. The Morgan fingerprint density at radius 1 is 1.14 bits per heavy atom. The number of anilines is 1. The Kier molecular flexibility index (Phi) is 4.21. The van der Waals surface area contributed by atoms with Gasteiger partial charge in [0.2, 0.25) is 0 Å². The molecule has 0 aliphatic rings. The van der Waals surface area contributed by atoms with Crippen molar-refractivity contribution < 1.29 is 8.42 Å². The van der Waals surface area contributed by atoms with Gasteiger partial charge in [-0.1, -0.05) is 17.7 Å². The third kappa shape index (κ3) is 3.35. The van der Waals surface area contributed by atoms with Crippen molar-refractivity contribution in [2.24, 2.45) is 0 Å². The van der Waals surface area contributed by atoms with E-state index in [1.54, 1.807) is 13.0 Å².